The molecule has 24 heavy (non-hydrogen) atoms. The second kappa shape index (κ2) is 6.72. The molecule has 1 heterocycles. The standard InChI is InChI=1S/C17H20N4O2S/c1-12-2-7-15-16(10-12)21-17(20-15)11-19-9-8-13-3-5-14(6-4-13)24(18,22)23/h2-7,10,19H,8-9,11H2,1H3,(H,20,21)(H2,18,22,23). The first kappa shape index (κ1) is 16.6. The molecule has 0 fully saturated rings. The van der Waals surface area contributed by atoms with Crippen molar-refractivity contribution >= 4 is 21.1 Å². The van der Waals surface area contributed by atoms with Crippen LogP contribution in [0.25, 0.3) is 11.0 Å². The SMILES string of the molecule is Cc1ccc2nc(CNCCc3ccc(S(N)(=O)=O)cc3)[nH]c2c1. The summed E-state index contributed by atoms with van der Waals surface area (Å²) < 4.78 is 22.4. The Morgan fingerprint density at radius 3 is 2.62 bits per heavy atom. The molecule has 126 valence electrons. The van der Waals surface area contributed by atoms with Crippen molar-refractivity contribution in [2.45, 2.75) is 24.8 Å². The van der Waals surface area contributed by atoms with Gasteiger partial charge in [-0.15, -0.1) is 0 Å². The number of sulfonamides is 1. The summed E-state index contributed by atoms with van der Waals surface area (Å²) in [6, 6.07) is 12.8. The number of aryl methyl sites for hydroxylation is 1. The van der Waals surface area contributed by atoms with Gasteiger partial charge < -0.3 is 10.3 Å². The van der Waals surface area contributed by atoms with E-state index < -0.39 is 10.0 Å². The first-order chi connectivity index (χ1) is 11.4. The maximum atomic E-state index is 11.2. The van der Waals surface area contributed by atoms with Gasteiger partial charge in [0.1, 0.15) is 5.82 Å². The number of rotatable bonds is 6. The minimum Gasteiger partial charge on any atom is -0.341 e. The van der Waals surface area contributed by atoms with Gasteiger partial charge in [-0.3, -0.25) is 0 Å². The van der Waals surface area contributed by atoms with Crippen molar-refractivity contribution in [3.63, 3.8) is 0 Å². The average Bonchev–Trinajstić information content (AvgIpc) is 2.93. The molecule has 0 amide bonds. The molecule has 0 aliphatic carbocycles. The summed E-state index contributed by atoms with van der Waals surface area (Å²) >= 11 is 0. The van der Waals surface area contributed by atoms with Crippen molar-refractivity contribution in [3.05, 3.63) is 59.4 Å². The van der Waals surface area contributed by atoms with E-state index in [1.165, 1.54) is 17.7 Å². The van der Waals surface area contributed by atoms with Gasteiger partial charge in [0.25, 0.3) is 0 Å². The van der Waals surface area contributed by atoms with Crippen LogP contribution in [0.15, 0.2) is 47.4 Å². The van der Waals surface area contributed by atoms with Crippen LogP contribution in [0.3, 0.4) is 0 Å². The van der Waals surface area contributed by atoms with E-state index in [1.54, 1.807) is 12.1 Å². The Kier molecular flexibility index (Phi) is 4.66. The van der Waals surface area contributed by atoms with E-state index in [-0.39, 0.29) is 4.90 Å². The molecule has 0 unspecified atom stereocenters. The third kappa shape index (κ3) is 4.00. The lowest BCUT2D eigenvalue weighted by Gasteiger charge is -2.04. The fourth-order valence-electron chi connectivity index (χ4n) is 2.55. The van der Waals surface area contributed by atoms with Crippen molar-refractivity contribution < 1.29 is 8.42 Å². The topological polar surface area (TPSA) is 101 Å². The first-order valence-electron chi connectivity index (χ1n) is 7.69. The highest BCUT2D eigenvalue weighted by molar-refractivity contribution is 7.89. The van der Waals surface area contributed by atoms with Crippen LogP contribution in [0.2, 0.25) is 0 Å². The summed E-state index contributed by atoms with van der Waals surface area (Å²) in [5.74, 6) is 0.903. The van der Waals surface area contributed by atoms with Crippen LogP contribution in [0.5, 0.6) is 0 Å². The number of hydrogen-bond acceptors (Lipinski definition) is 4. The molecule has 0 spiro atoms. The van der Waals surface area contributed by atoms with Crippen molar-refractivity contribution in [2.75, 3.05) is 6.54 Å². The number of fused-ring (bicyclic) bond motifs is 1. The summed E-state index contributed by atoms with van der Waals surface area (Å²) in [6.07, 6.45) is 0.796. The molecule has 0 aliphatic heterocycles. The van der Waals surface area contributed by atoms with E-state index in [9.17, 15) is 8.42 Å². The fourth-order valence-corrected chi connectivity index (χ4v) is 3.06. The predicted octanol–water partition coefficient (Wildman–Crippen LogP) is 1.85. The maximum Gasteiger partial charge on any atom is 0.238 e. The van der Waals surface area contributed by atoms with Gasteiger partial charge in [-0.25, -0.2) is 18.5 Å². The van der Waals surface area contributed by atoms with Crippen molar-refractivity contribution in [1.29, 1.82) is 0 Å². The van der Waals surface area contributed by atoms with Gasteiger partial charge in [0, 0.05) is 0 Å². The van der Waals surface area contributed by atoms with Crippen molar-refractivity contribution in [3.8, 4) is 0 Å². The molecular weight excluding hydrogens is 324 g/mol. The molecule has 0 radical (unpaired) electrons. The molecule has 0 atom stereocenters. The van der Waals surface area contributed by atoms with Crippen LogP contribution >= 0.6 is 0 Å². The summed E-state index contributed by atoms with van der Waals surface area (Å²) in [5.41, 5.74) is 4.27. The van der Waals surface area contributed by atoms with E-state index in [0.29, 0.717) is 6.54 Å². The van der Waals surface area contributed by atoms with Crippen LogP contribution in [-0.4, -0.2) is 24.9 Å². The Labute approximate surface area is 141 Å². The number of aromatic nitrogens is 2. The molecule has 0 saturated heterocycles. The van der Waals surface area contributed by atoms with Crippen LogP contribution < -0.4 is 10.5 Å². The lowest BCUT2D eigenvalue weighted by molar-refractivity contribution is 0.597. The third-order valence-corrected chi connectivity index (χ3v) is 4.75. The van der Waals surface area contributed by atoms with Crippen LogP contribution in [-0.2, 0) is 23.0 Å². The summed E-state index contributed by atoms with van der Waals surface area (Å²) in [4.78, 5) is 7.98. The van der Waals surface area contributed by atoms with Gasteiger partial charge >= 0.3 is 0 Å². The Morgan fingerprint density at radius 2 is 1.92 bits per heavy atom. The molecule has 0 aliphatic rings. The van der Waals surface area contributed by atoms with E-state index in [4.69, 9.17) is 5.14 Å². The van der Waals surface area contributed by atoms with Crippen molar-refractivity contribution in [2.24, 2.45) is 5.14 Å². The van der Waals surface area contributed by atoms with Crippen LogP contribution in [0.4, 0.5) is 0 Å². The van der Waals surface area contributed by atoms with Crippen LogP contribution in [0, 0.1) is 6.92 Å². The number of nitrogens with one attached hydrogen (secondary N) is 2. The summed E-state index contributed by atoms with van der Waals surface area (Å²) in [6.45, 7) is 3.48. The molecule has 0 saturated carbocycles. The number of aromatic amines is 1. The molecule has 1 aromatic heterocycles. The lowest BCUT2D eigenvalue weighted by atomic mass is 10.1. The fraction of sp³-hybridized carbons (Fsp3) is 0.235. The van der Waals surface area contributed by atoms with Gasteiger partial charge in [0.15, 0.2) is 0 Å². The minimum absolute atomic E-state index is 0.136. The zero-order valence-corrected chi connectivity index (χ0v) is 14.2. The monoisotopic (exact) mass is 344 g/mol. The van der Waals surface area contributed by atoms with Crippen LogP contribution in [0.1, 0.15) is 17.0 Å². The number of nitrogens with two attached hydrogens (primary N) is 1. The molecule has 3 rings (SSSR count). The number of primary sulfonamides is 1. The molecule has 6 nitrogen and oxygen atoms in total. The van der Waals surface area contributed by atoms with Crippen molar-refractivity contribution in [1.82, 2.24) is 15.3 Å². The highest BCUT2D eigenvalue weighted by Crippen LogP contribution is 2.13. The summed E-state index contributed by atoms with van der Waals surface area (Å²) in [7, 11) is -3.62. The third-order valence-electron chi connectivity index (χ3n) is 3.82. The van der Waals surface area contributed by atoms with Gasteiger partial charge in [0.05, 0.1) is 22.5 Å². The van der Waals surface area contributed by atoms with E-state index in [2.05, 4.69) is 28.3 Å². The number of hydrogen-bond donors (Lipinski definition) is 3. The largest absolute Gasteiger partial charge is 0.341 e. The molecule has 0 bridgehead atoms. The second-order valence-corrected chi connectivity index (χ2v) is 7.38. The van der Waals surface area contributed by atoms with Gasteiger partial charge in [-0.2, -0.15) is 0 Å². The zero-order chi connectivity index (χ0) is 17.2. The molecule has 2 aromatic carbocycles. The number of benzene rings is 2. The van der Waals surface area contributed by atoms with E-state index >= 15 is 0 Å². The van der Waals surface area contributed by atoms with Gasteiger partial charge in [-0.1, -0.05) is 18.2 Å². The average molecular weight is 344 g/mol. The second-order valence-electron chi connectivity index (χ2n) is 5.82. The quantitative estimate of drug-likeness (QED) is 0.594. The normalized spacial score (nSPS) is 11.9. The Balaban J connectivity index is 1.52. The molecule has 7 heteroatoms. The minimum atomic E-state index is -3.62. The number of H-pyrrole nitrogens is 1. The first-order valence-corrected chi connectivity index (χ1v) is 9.24. The molecule has 3 aromatic rings. The predicted molar refractivity (Wildman–Crippen MR) is 94.1 cm³/mol. The van der Waals surface area contributed by atoms with Gasteiger partial charge in [0.2, 0.25) is 10.0 Å². The summed E-state index contributed by atoms with van der Waals surface area (Å²) in [5, 5.41) is 8.42. The molecular formula is C17H20N4O2S. The Morgan fingerprint density at radius 1 is 1.17 bits per heavy atom. The Hall–Kier alpha value is -2.22. The van der Waals surface area contributed by atoms with E-state index in [0.717, 1.165) is 35.4 Å². The highest BCUT2D eigenvalue weighted by atomic mass is 32.2. The molecule has 4 N–H and O–H groups in total. The lowest BCUT2D eigenvalue weighted by Crippen LogP contribution is -2.17. The Bertz CT molecular complexity index is 946. The number of imidazole rings is 1. The zero-order valence-electron chi connectivity index (χ0n) is 13.4. The highest BCUT2D eigenvalue weighted by Gasteiger charge is 2.06. The smallest absolute Gasteiger partial charge is 0.238 e. The number of nitrogens with zero attached hydrogens (tertiary/aromatic N) is 1. The maximum absolute atomic E-state index is 11.2. The van der Waals surface area contributed by atoms with E-state index in [1.807, 2.05) is 12.1 Å². The van der Waals surface area contributed by atoms with Gasteiger partial charge in [-0.05, 0) is 55.3 Å².